The Kier molecular flexibility index (Phi) is 5.49. The smallest absolute Gasteiger partial charge is 0.338 e. The molecule has 5 heteroatoms. The minimum atomic E-state index is -0.344. The molecule has 29 heavy (non-hydrogen) atoms. The molecule has 3 aromatic rings. The van der Waals surface area contributed by atoms with E-state index in [4.69, 9.17) is 14.6 Å². The Morgan fingerprint density at radius 2 is 1.72 bits per heavy atom. The zero-order chi connectivity index (χ0) is 20.2. The van der Waals surface area contributed by atoms with Crippen LogP contribution in [0.5, 0.6) is 5.75 Å². The quantitative estimate of drug-likeness (QED) is 0.648. The minimum Gasteiger partial charge on any atom is -0.487 e. The zero-order valence-corrected chi connectivity index (χ0v) is 16.2. The van der Waals surface area contributed by atoms with Crippen molar-refractivity contribution in [3.63, 3.8) is 0 Å². The van der Waals surface area contributed by atoms with Gasteiger partial charge in [0.25, 0.3) is 0 Å². The SMILES string of the molecule is COC(=O)c1cccc(N2CC(Oc3ccc(CO)cc3)C2)c1-c1ccccc1. The number of methoxy groups -OCH3 is 1. The monoisotopic (exact) mass is 389 g/mol. The Bertz CT molecular complexity index is 980. The molecule has 1 aliphatic rings. The van der Waals surface area contributed by atoms with Crippen LogP contribution >= 0.6 is 0 Å². The topological polar surface area (TPSA) is 59.0 Å². The van der Waals surface area contributed by atoms with E-state index in [0.29, 0.717) is 5.56 Å². The first-order valence-electron chi connectivity index (χ1n) is 9.57. The number of ether oxygens (including phenoxy) is 2. The average Bonchev–Trinajstić information content (AvgIpc) is 2.76. The fourth-order valence-electron chi connectivity index (χ4n) is 3.57. The molecule has 1 heterocycles. The lowest BCUT2D eigenvalue weighted by atomic mass is 9.95. The number of hydrogen-bond acceptors (Lipinski definition) is 5. The van der Waals surface area contributed by atoms with E-state index in [1.54, 1.807) is 6.07 Å². The number of carbonyl (C=O) groups excluding carboxylic acids is 1. The first-order valence-corrected chi connectivity index (χ1v) is 9.57. The molecule has 5 nitrogen and oxygen atoms in total. The van der Waals surface area contributed by atoms with E-state index >= 15 is 0 Å². The Hall–Kier alpha value is -3.31. The number of carbonyl (C=O) groups is 1. The van der Waals surface area contributed by atoms with Gasteiger partial charge in [0.15, 0.2) is 0 Å². The maximum absolute atomic E-state index is 12.4. The van der Waals surface area contributed by atoms with Gasteiger partial charge in [-0.1, -0.05) is 48.5 Å². The molecule has 4 rings (SSSR count). The second-order valence-corrected chi connectivity index (χ2v) is 7.00. The molecule has 1 aliphatic heterocycles. The van der Waals surface area contributed by atoms with Gasteiger partial charge >= 0.3 is 5.97 Å². The molecule has 0 amide bonds. The normalized spacial score (nSPS) is 13.7. The van der Waals surface area contributed by atoms with Gasteiger partial charge in [-0.15, -0.1) is 0 Å². The first-order chi connectivity index (χ1) is 14.2. The van der Waals surface area contributed by atoms with Crippen LogP contribution in [0.2, 0.25) is 0 Å². The van der Waals surface area contributed by atoms with Crippen molar-refractivity contribution in [1.29, 1.82) is 0 Å². The van der Waals surface area contributed by atoms with Gasteiger partial charge in [-0.05, 0) is 35.4 Å². The van der Waals surface area contributed by atoms with Crippen LogP contribution in [0.1, 0.15) is 15.9 Å². The van der Waals surface area contributed by atoms with Crippen molar-refractivity contribution in [3.8, 4) is 16.9 Å². The number of nitrogens with zero attached hydrogens (tertiary/aromatic N) is 1. The van der Waals surface area contributed by atoms with Crippen LogP contribution in [0.25, 0.3) is 11.1 Å². The van der Waals surface area contributed by atoms with Crippen LogP contribution in [0.4, 0.5) is 5.69 Å². The Balaban J connectivity index is 1.55. The Labute approximate surface area is 170 Å². The lowest BCUT2D eigenvalue weighted by Gasteiger charge is -2.41. The highest BCUT2D eigenvalue weighted by atomic mass is 16.5. The van der Waals surface area contributed by atoms with Crippen molar-refractivity contribution in [3.05, 3.63) is 83.9 Å². The van der Waals surface area contributed by atoms with E-state index in [1.807, 2.05) is 66.7 Å². The van der Waals surface area contributed by atoms with Crippen LogP contribution in [0.15, 0.2) is 72.8 Å². The van der Waals surface area contributed by atoms with Crippen LogP contribution < -0.4 is 9.64 Å². The van der Waals surface area contributed by atoms with Gasteiger partial charge < -0.3 is 19.5 Å². The highest BCUT2D eigenvalue weighted by molar-refractivity contribution is 6.01. The van der Waals surface area contributed by atoms with Gasteiger partial charge in [-0.25, -0.2) is 4.79 Å². The van der Waals surface area contributed by atoms with Gasteiger partial charge in [0.1, 0.15) is 11.9 Å². The van der Waals surface area contributed by atoms with Gasteiger partial charge in [0.05, 0.1) is 32.4 Å². The summed E-state index contributed by atoms with van der Waals surface area (Å²) in [4.78, 5) is 14.6. The fourth-order valence-corrected chi connectivity index (χ4v) is 3.57. The third-order valence-electron chi connectivity index (χ3n) is 5.11. The standard InChI is InChI=1S/C24H23NO4/c1-28-24(27)21-8-5-9-22(23(21)18-6-3-2-4-7-18)25-14-20(15-25)29-19-12-10-17(16-26)11-13-19/h2-13,20,26H,14-16H2,1H3. The van der Waals surface area contributed by atoms with Gasteiger partial charge in [0, 0.05) is 11.3 Å². The molecule has 0 unspecified atom stereocenters. The molecule has 1 N–H and O–H groups in total. The fraction of sp³-hybridized carbons (Fsp3) is 0.208. The van der Waals surface area contributed by atoms with Gasteiger partial charge in [-0.2, -0.15) is 0 Å². The number of anilines is 1. The molecule has 3 aromatic carbocycles. The molecule has 1 fully saturated rings. The third-order valence-corrected chi connectivity index (χ3v) is 5.11. The number of rotatable bonds is 6. The molecule has 0 atom stereocenters. The van der Waals surface area contributed by atoms with Crippen molar-refractivity contribution in [1.82, 2.24) is 0 Å². The predicted molar refractivity (Wildman–Crippen MR) is 112 cm³/mol. The van der Waals surface area contributed by atoms with E-state index in [-0.39, 0.29) is 18.7 Å². The maximum atomic E-state index is 12.4. The minimum absolute atomic E-state index is 0.0241. The second-order valence-electron chi connectivity index (χ2n) is 7.00. The van der Waals surface area contributed by atoms with Gasteiger partial charge in [-0.3, -0.25) is 0 Å². The number of benzene rings is 3. The van der Waals surface area contributed by atoms with E-state index in [1.165, 1.54) is 7.11 Å². The number of esters is 1. The first kappa shape index (κ1) is 19.0. The molecule has 1 saturated heterocycles. The lowest BCUT2D eigenvalue weighted by Crippen LogP contribution is -2.54. The lowest BCUT2D eigenvalue weighted by molar-refractivity contribution is 0.0601. The summed E-state index contributed by atoms with van der Waals surface area (Å²) in [6.45, 7) is 1.48. The highest BCUT2D eigenvalue weighted by Crippen LogP contribution is 2.37. The molecule has 148 valence electrons. The molecule has 0 saturated carbocycles. The maximum Gasteiger partial charge on any atom is 0.338 e. The van der Waals surface area contributed by atoms with Crippen molar-refractivity contribution in [2.75, 3.05) is 25.1 Å². The summed E-state index contributed by atoms with van der Waals surface area (Å²) < 4.78 is 11.0. The van der Waals surface area contributed by atoms with Gasteiger partial charge in [0.2, 0.25) is 0 Å². The Morgan fingerprint density at radius 3 is 2.38 bits per heavy atom. The van der Waals surface area contributed by atoms with E-state index < -0.39 is 0 Å². The van der Waals surface area contributed by atoms with E-state index in [9.17, 15) is 4.79 Å². The summed E-state index contributed by atoms with van der Waals surface area (Å²) in [6, 6.07) is 23.1. The van der Waals surface area contributed by atoms with Crippen molar-refractivity contribution >= 4 is 11.7 Å². The Morgan fingerprint density at radius 1 is 1.00 bits per heavy atom. The third kappa shape index (κ3) is 3.96. The van der Waals surface area contributed by atoms with Crippen LogP contribution in [0, 0.1) is 0 Å². The largest absolute Gasteiger partial charge is 0.487 e. The van der Waals surface area contributed by atoms with Crippen molar-refractivity contribution in [2.45, 2.75) is 12.7 Å². The highest BCUT2D eigenvalue weighted by Gasteiger charge is 2.31. The summed E-state index contributed by atoms with van der Waals surface area (Å²) >= 11 is 0. The number of aliphatic hydroxyl groups is 1. The van der Waals surface area contributed by atoms with Crippen LogP contribution in [-0.4, -0.2) is 37.4 Å². The molecule has 0 radical (unpaired) electrons. The molecule has 0 aromatic heterocycles. The molecule has 0 aliphatic carbocycles. The van der Waals surface area contributed by atoms with Crippen molar-refractivity contribution < 1.29 is 19.4 Å². The number of aliphatic hydroxyl groups excluding tert-OH is 1. The summed E-state index contributed by atoms with van der Waals surface area (Å²) in [6.07, 6.45) is 0.0698. The molecular formula is C24H23NO4. The van der Waals surface area contributed by atoms with E-state index in [2.05, 4.69) is 4.90 Å². The second kappa shape index (κ2) is 8.37. The predicted octanol–water partition coefficient (Wildman–Crippen LogP) is 3.90. The molecule has 0 spiro atoms. The summed E-state index contributed by atoms with van der Waals surface area (Å²) in [5.41, 5.74) is 4.27. The van der Waals surface area contributed by atoms with Crippen molar-refractivity contribution in [2.24, 2.45) is 0 Å². The summed E-state index contributed by atoms with van der Waals surface area (Å²) in [7, 11) is 1.40. The molecule has 0 bridgehead atoms. The van der Waals surface area contributed by atoms with Crippen LogP contribution in [0.3, 0.4) is 0 Å². The average molecular weight is 389 g/mol. The number of hydrogen-bond donors (Lipinski definition) is 1. The molecular weight excluding hydrogens is 366 g/mol. The van der Waals surface area contributed by atoms with Crippen LogP contribution in [-0.2, 0) is 11.3 Å². The van der Waals surface area contributed by atoms with E-state index in [0.717, 1.165) is 41.2 Å². The summed E-state index contributed by atoms with van der Waals surface area (Å²) in [5.74, 6) is 0.446. The summed E-state index contributed by atoms with van der Waals surface area (Å²) in [5, 5.41) is 9.15. The zero-order valence-electron chi connectivity index (χ0n) is 16.2.